The molecular formula is C16H23ClN4O. The van der Waals surface area contributed by atoms with Gasteiger partial charge >= 0.3 is 0 Å². The number of halogens is 1. The average molecular weight is 323 g/mol. The third-order valence-corrected chi connectivity index (χ3v) is 3.51. The van der Waals surface area contributed by atoms with E-state index in [4.69, 9.17) is 0 Å². The Morgan fingerprint density at radius 3 is 2.59 bits per heavy atom. The molecule has 1 atom stereocenters. The maximum Gasteiger partial charge on any atom is 0.254 e. The SMILES string of the molecule is CCc1c(C(=O)NCC(C)NC)cnn1-c1ccccc1.Cl. The van der Waals surface area contributed by atoms with E-state index in [1.165, 1.54) is 0 Å². The molecule has 1 heterocycles. The van der Waals surface area contributed by atoms with E-state index < -0.39 is 0 Å². The molecular weight excluding hydrogens is 300 g/mol. The zero-order valence-corrected chi connectivity index (χ0v) is 14.0. The van der Waals surface area contributed by atoms with Gasteiger partial charge in [0.1, 0.15) is 0 Å². The minimum Gasteiger partial charge on any atom is -0.350 e. The molecule has 1 unspecified atom stereocenters. The van der Waals surface area contributed by atoms with Gasteiger partial charge in [0.15, 0.2) is 0 Å². The molecule has 2 N–H and O–H groups in total. The average Bonchev–Trinajstić information content (AvgIpc) is 2.97. The molecule has 22 heavy (non-hydrogen) atoms. The molecule has 0 aliphatic heterocycles. The van der Waals surface area contributed by atoms with Crippen molar-refractivity contribution in [1.29, 1.82) is 0 Å². The van der Waals surface area contributed by atoms with Crippen LogP contribution < -0.4 is 10.6 Å². The Bertz CT molecular complexity index is 597. The first-order chi connectivity index (χ1) is 10.2. The van der Waals surface area contributed by atoms with Crippen LogP contribution in [0.1, 0.15) is 29.9 Å². The molecule has 0 aliphatic rings. The fraction of sp³-hybridized carbons (Fsp3) is 0.375. The molecule has 0 fully saturated rings. The molecule has 0 aliphatic carbocycles. The first-order valence-electron chi connectivity index (χ1n) is 7.25. The summed E-state index contributed by atoms with van der Waals surface area (Å²) in [6.45, 7) is 4.65. The second-order valence-corrected chi connectivity index (χ2v) is 5.01. The summed E-state index contributed by atoms with van der Waals surface area (Å²) in [5.41, 5.74) is 2.54. The molecule has 1 amide bonds. The van der Waals surface area contributed by atoms with Crippen molar-refractivity contribution in [1.82, 2.24) is 20.4 Å². The van der Waals surface area contributed by atoms with Crippen molar-refractivity contribution in [3.05, 3.63) is 47.8 Å². The predicted octanol–water partition coefficient (Wildman–Crippen LogP) is 2.19. The van der Waals surface area contributed by atoms with Gasteiger partial charge in [-0.15, -0.1) is 12.4 Å². The summed E-state index contributed by atoms with van der Waals surface area (Å²) in [6.07, 6.45) is 2.39. The number of benzene rings is 1. The fourth-order valence-corrected chi connectivity index (χ4v) is 2.14. The number of hydrogen-bond acceptors (Lipinski definition) is 3. The van der Waals surface area contributed by atoms with Crippen LogP contribution >= 0.6 is 12.4 Å². The Morgan fingerprint density at radius 1 is 1.32 bits per heavy atom. The molecule has 1 aromatic carbocycles. The van der Waals surface area contributed by atoms with Gasteiger partial charge in [0, 0.05) is 12.6 Å². The van der Waals surface area contributed by atoms with E-state index in [2.05, 4.69) is 15.7 Å². The first kappa shape index (κ1) is 18.2. The highest BCUT2D eigenvalue weighted by atomic mass is 35.5. The Kier molecular flexibility index (Phi) is 7.08. The van der Waals surface area contributed by atoms with Crippen molar-refractivity contribution in [2.45, 2.75) is 26.3 Å². The van der Waals surface area contributed by atoms with Gasteiger partial charge in [0.25, 0.3) is 5.91 Å². The van der Waals surface area contributed by atoms with Crippen LogP contribution in [0, 0.1) is 0 Å². The van der Waals surface area contributed by atoms with Gasteiger partial charge in [-0.05, 0) is 32.5 Å². The minimum absolute atomic E-state index is 0. The quantitative estimate of drug-likeness (QED) is 0.857. The Labute approximate surface area is 137 Å². The van der Waals surface area contributed by atoms with Crippen molar-refractivity contribution < 1.29 is 4.79 Å². The zero-order valence-electron chi connectivity index (χ0n) is 13.2. The van der Waals surface area contributed by atoms with Crippen LogP contribution in [-0.4, -0.2) is 35.3 Å². The highest BCUT2D eigenvalue weighted by Gasteiger charge is 2.17. The van der Waals surface area contributed by atoms with E-state index in [-0.39, 0.29) is 24.4 Å². The maximum atomic E-state index is 12.3. The second-order valence-electron chi connectivity index (χ2n) is 5.01. The molecule has 2 aromatic rings. The number of carbonyl (C=O) groups is 1. The van der Waals surface area contributed by atoms with Gasteiger partial charge in [0.2, 0.25) is 0 Å². The summed E-state index contributed by atoms with van der Waals surface area (Å²) >= 11 is 0. The summed E-state index contributed by atoms with van der Waals surface area (Å²) < 4.78 is 1.83. The number of aromatic nitrogens is 2. The van der Waals surface area contributed by atoms with E-state index in [0.717, 1.165) is 17.8 Å². The summed E-state index contributed by atoms with van der Waals surface area (Å²) in [4.78, 5) is 12.3. The third kappa shape index (κ3) is 4.08. The van der Waals surface area contributed by atoms with Gasteiger partial charge < -0.3 is 10.6 Å². The molecule has 6 heteroatoms. The predicted molar refractivity (Wildman–Crippen MR) is 91.0 cm³/mol. The van der Waals surface area contributed by atoms with E-state index >= 15 is 0 Å². The van der Waals surface area contributed by atoms with Gasteiger partial charge in [-0.25, -0.2) is 4.68 Å². The topological polar surface area (TPSA) is 59.0 Å². The number of likely N-dealkylation sites (N-methyl/N-ethyl adjacent to an activating group) is 1. The maximum absolute atomic E-state index is 12.3. The van der Waals surface area contributed by atoms with E-state index in [0.29, 0.717) is 12.1 Å². The third-order valence-electron chi connectivity index (χ3n) is 3.51. The smallest absolute Gasteiger partial charge is 0.254 e. The van der Waals surface area contributed by atoms with Crippen LogP contribution in [0.15, 0.2) is 36.5 Å². The zero-order chi connectivity index (χ0) is 15.2. The van der Waals surface area contributed by atoms with E-state index in [1.54, 1.807) is 6.20 Å². The van der Waals surface area contributed by atoms with E-state index in [1.807, 2.05) is 55.9 Å². The molecule has 120 valence electrons. The van der Waals surface area contributed by atoms with Crippen molar-refractivity contribution in [3.63, 3.8) is 0 Å². The van der Waals surface area contributed by atoms with Gasteiger partial charge in [-0.1, -0.05) is 25.1 Å². The number of hydrogen-bond donors (Lipinski definition) is 2. The second kappa shape index (κ2) is 8.56. The number of para-hydroxylation sites is 1. The number of nitrogens with zero attached hydrogens (tertiary/aromatic N) is 2. The monoisotopic (exact) mass is 322 g/mol. The summed E-state index contributed by atoms with van der Waals surface area (Å²) in [6, 6.07) is 10.1. The van der Waals surface area contributed by atoms with Crippen molar-refractivity contribution in [2.24, 2.45) is 0 Å². The molecule has 2 rings (SSSR count). The summed E-state index contributed by atoms with van der Waals surface area (Å²) in [7, 11) is 1.88. The van der Waals surface area contributed by atoms with Crippen molar-refractivity contribution >= 4 is 18.3 Å². The van der Waals surface area contributed by atoms with Crippen LogP contribution in [-0.2, 0) is 6.42 Å². The molecule has 0 radical (unpaired) electrons. The Hall–Kier alpha value is -1.85. The van der Waals surface area contributed by atoms with Crippen LogP contribution in [0.3, 0.4) is 0 Å². The Morgan fingerprint density at radius 2 is 2.00 bits per heavy atom. The summed E-state index contributed by atoms with van der Waals surface area (Å²) in [5.74, 6) is -0.0730. The highest BCUT2D eigenvalue weighted by molar-refractivity contribution is 5.95. The highest BCUT2D eigenvalue weighted by Crippen LogP contribution is 2.15. The fourth-order valence-electron chi connectivity index (χ4n) is 2.14. The molecule has 5 nitrogen and oxygen atoms in total. The lowest BCUT2D eigenvalue weighted by molar-refractivity contribution is 0.0949. The van der Waals surface area contributed by atoms with Gasteiger partial charge in [-0.3, -0.25) is 4.79 Å². The van der Waals surface area contributed by atoms with Crippen molar-refractivity contribution in [2.75, 3.05) is 13.6 Å². The number of carbonyl (C=O) groups excluding carboxylic acids is 1. The number of rotatable bonds is 6. The van der Waals surface area contributed by atoms with E-state index in [9.17, 15) is 4.79 Å². The molecule has 0 saturated carbocycles. The lowest BCUT2D eigenvalue weighted by Crippen LogP contribution is -2.37. The standard InChI is InChI=1S/C16H22N4O.ClH/c1-4-15-14(16(21)18-10-12(2)17-3)11-19-20(15)13-8-6-5-7-9-13;/h5-9,11-12,17H,4,10H2,1-3H3,(H,18,21);1H. The molecule has 1 aromatic heterocycles. The minimum atomic E-state index is -0.0730. The molecule has 0 bridgehead atoms. The number of nitrogens with one attached hydrogen (secondary N) is 2. The van der Waals surface area contributed by atoms with Crippen LogP contribution in [0.5, 0.6) is 0 Å². The lowest BCUT2D eigenvalue weighted by atomic mass is 10.2. The molecule has 0 spiro atoms. The van der Waals surface area contributed by atoms with Crippen LogP contribution in [0.25, 0.3) is 5.69 Å². The van der Waals surface area contributed by atoms with Crippen LogP contribution in [0.2, 0.25) is 0 Å². The largest absolute Gasteiger partial charge is 0.350 e. The van der Waals surface area contributed by atoms with Gasteiger partial charge in [-0.2, -0.15) is 5.10 Å². The first-order valence-corrected chi connectivity index (χ1v) is 7.25. The van der Waals surface area contributed by atoms with Crippen LogP contribution in [0.4, 0.5) is 0 Å². The van der Waals surface area contributed by atoms with Crippen molar-refractivity contribution in [3.8, 4) is 5.69 Å². The summed E-state index contributed by atoms with van der Waals surface area (Å²) in [5, 5.41) is 10.4. The molecule has 0 saturated heterocycles. The van der Waals surface area contributed by atoms with Gasteiger partial charge in [0.05, 0.1) is 23.1 Å². The Balaban J connectivity index is 0.00000242. The number of amides is 1. The normalized spacial score (nSPS) is 11.6. The lowest BCUT2D eigenvalue weighted by Gasteiger charge is -2.12.